The van der Waals surface area contributed by atoms with Crippen LogP contribution in [0.4, 0.5) is 0 Å². The molecule has 0 saturated heterocycles. The van der Waals surface area contributed by atoms with Crippen LogP contribution < -0.4 is 4.84 Å². The SMILES string of the molecule is CCOCCOCCOCCS(=O)(=O)CCC(C)(C)NCl.O=S(=O)=O. The maximum Gasteiger partial charge on any atom is 0.425 e. The van der Waals surface area contributed by atoms with Gasteiger partial charge in [0.1, 0.15) is 0 Å². The van der Waals surface area contributed by atoms with Gasteiger partial charge in [0.05, 0.1) is 44.5 Å². The third-order valence-corrected chi connectivity index (χ3v) is 4.91. The highest BCUT2D eigenvalue weighted by Gasteiger charge is 2.20. The highest BCUT2D eigenvalue weighted by molar-refractivity contribution is 7.91. The van der Waals surface area contributed by atoms with Crippen LogP contribution in [0.2, 0.25) is 0 Å². The van der Waals surface area contributed by atoms with Crippen molar-refractivity contribution < 1.29 is 35.3 Å². The lowest BCUT2D eigenvalue weighted by Gasteiger charge is -2.21. The van der Waals surface area contributed by atoms with Crippen LogP contribution >= 0.6 is 11.8 Å². The minimum absolute atomic E-state index is 0.0182. The van der Waals surface area contributed by atoms with Gasteiger partial charge in [-0.3, -0.25) is 0 Å². The smallest absolute Gasteiger partial charge is 0.379 e. The van der Waals surface area contributed by atoms with E-state index in [1.807, 2.05) is 20.8 Å². The Morgan fingerprint density at radius 3 is 1.80 bits per heavy atom. The Bertz CT molecular complexity index is 514. The van der Waals surface area contributed by atoms with Crippen molar-refractivity contribution >= 4 is 32.2 Å². The molecule has 0 radical (unpaired) electrons. The summed E-state index contributed by atoms with van der Waals surface area (Å²) in [7, 11) is -6.23. The average molecular weight is 426 g/mol. The normalized spacial score (nSPS) is 11.7. The van der Waals surface area contributed by atoms with Crippen molar-refractivity contribution in [1.29, 1.82) is 0 Å². The molecule has 0 aromatic heterocycles. The zero-order valence-corrected chi connectivity index (χ0v) is 17.2. The van der Waals surface area contributed by atoms with Gasteiger partial charge in [0, 0.05) is 12.1 Å². The molecule has 0 heterocycles. The third-order valence-electron chi connectivity index (χ3n) is 2.78. The van der Waals surface area contributed by atoms with Gasteiger partial charge in [0.2, 0.25) is 0 Å². The zero-order valence-electron chi connectivity index (χ0n) is 14.8. The number of hydrogen-bond acceptors (Lipinski definition) is 9. The Labute approximate surface area is 156 Å². The fourth-order valence-electron chi connectivity index (χ4n) is 1.33. The summed E-state index contributed by atoms with van der Waals surface area (Å²) in [5.74, 6) is 0.109. The Morgan fingerprint density at radius 2 is 1.36 bits per heavy atom. The molecular weight excluding hydrogens is 398 g/mol. The number of rotatable bonds is 14. The summed E-state index contributed by atoms with van der Waals surface area (Å²) in [6.45, 7) is 8.41. The Hall–Kier alpha value is -0.300. The van der Waals surface area contributed by atoms with Gasteiger partial charge in [-0.25, -0.2) is 13.3 Å². The number of sulfone groups is 1. The standard InChI is InChI=1S/C13H28ClNO5S.O3S/c1-4-18-6-7-19-8-9-20-10-12-21(16,17)11-5-13(2,3)15-14;1-4(2)3/h15H,4-12H2,1-3H3;. The molecule has 0 spiro atoms. The number of nitrogens with one attached hydrogen (secondary N) is 1. The van der Waals surface area contributed by atoms with Crippen LogP contribution in [0.5, 0.6) is 0 Å². The maximum atomic E-state index is 11.8. The van der Waals surface area contributed by atoms with Gasteiger partial charge in [-0.2, -0.15) is 0 Å². The van der Waals surface area contributed by atoms with E-state index in [0.29, 0.717) is 39.5 Å². The van der Waals surface area contributed by atoms with Gasteiger partial charge in [0.25, 0.3) is 0 Å². The molecule has 0 bridgehead atoms. The monoisotopic (exact) mass is 425 g/mol. The van der Waals surface area contributed by atoms with E-state index < -0.39 is 26.0 Å². The first-order valence-electron chi connectivity index (χ1n) is 7.64. The molecule has 12 heteroatoms. The number of ether oxygens (including phenoxy) is 3. The quantitative estimate of drug-likeness (QED) is 0.310. The predicted molar refractivity (Wildman–Crippen MR) is 94.2 cm³/mol. The van der Waals surface area contributed by atoms with E-state index in [1.54, 1.807) is 0 Å². The second-order valence-electron chi connectivity index (χ2n) is 5.51. The van der Waals surface area contributed by atoms with Gasteiger partial charge in [-0.1, -0.05) is 0 Å². The van der Waals surface area contributed by atoms with Crippen molar-refractivity contribution in [1.82, 2.24) is 4.84 Å². The summed E-state index contributed by atoms with van der Waals surface area (Å²) in [5.41, 5.74) is -0.399. The van der Waals surface area contributed by atoms with Gasteiger partial charge in [0.15, 0.2) is 9.84 Å². The Morgan fingerprint density at radius 1 is 0.920 bits per heavy atom. The lowest BCUT2D eigenvalue weighted by atomic mass is 10.0. The van der Waals surface area contributed by atoms with Crippen molar-refractivity contribution in [3.8, 4) is 0 Å². The first kappa shape index (κ1) is 26.9. The molecule has 0 saturated carbocycles. The minimum Gasteiger partial charge on any atom is -0.379 e. The molecule has 0 atom stereocenters. The summed E-state index contributed by atoms with van der Waals surface area (Å²) in [6.07, 6.45) is 0.458. The van der Waals surface area contributed by atoms with Crippen molar-refractivity contribution in [3.63, 3.8) is 0 Å². The van der Waals surface area contributed by atoms with E-state index >= 15 is 0 Å². The van der Waals surface area contributed by atoms with Gasteiger partial charge < -0.3 is 14.2 Å². The fourth-order valence-corrected chi connectivity index (χ4v) is 2.82. The van der Waals surface area contributed by atoms with Crippen LogP contribution in [0.15, 0.2) is 0 Å². The van der Waals surface area contributed by atoms with Gasteiger partial charge >= 0.3 is 10.6 Å². The van der Waals surface area contributed by atoms with Crippen LogP contribution in [0.1, 0.15) is 27.2 Å². The van der Waals surface area contributed by atoms with Crippen LogP contribution in [-0.2, 0) is 34.7 Å². The fraction of sp³-hybridized carbons (Fsp3) is 1.00. The molecule has 0 fully saturated rings. The van der Waals surface area contributed by atoms with Crippen molar-refractivity contribution in [2.75, 3.05) is 51.1 Å². The molecule has 9 nitrogen and oxygen atoms in total. The molecule has 25 heavy (non-hydrogen) atoms. The van der Waals surface area contributed by atoms with Crippen LogP contribution in [0, 0.1) is 0 Å². The molecule has 0 aromatic carbocycles. The van der Waals surface area contributed by atoms with Crippen molar-refractivity contribution in [2.45, 2.75) is 32.7 Å². The first-order chi connectivity index (χ1) is 11.6. The van der Waals surface area contributed by atoms with Crippen LogP contribution in [0.3, 0.4) is 0 Å². The van der Waals surface area contributed by atoms with Crippen LogP contribution in [-0.4, -0.2) is 77.7 Å². The van der Waals surface area contributed by atoms with Crippen molar-refractivity contribution in [3.05, 3.63) is 0 Å². The van der Waals surface area contributed by atoms with E-state index in [-0.39, 0.29) is 18.1 Å². The van der Waals surface area contributed by atoms with Gasteiger partial charge in [-0.05, 0) is 39.0 Å². The molecule has 0 aliphatic heterocycles. The second kappa shape index (κ2) is 15.9. The van der Waals surface area contributed by atoms with E-state index in [0.717, 1.165) is 0 Å². The number of hydrogen-bond donors (Lipinski definition) is 1. The number of halogens is 1. The highest BCUT2D eigenvalue weighted by atomic mass is 35.5. The summed E-state index contributed by atoms with van der Waals surface area (Å²) >= 11 is 5.54. The van der Waals surface area contributed by atoms with E-state index in [4.69, 9.17) is 38.6 Å². The topological polar surface area (TPSA) is 125 Å². The molecule has 152 valence electrons. The molecular formula is C13H28ClNO8S2. The second-order valence-corrected chi connectivity index (χ2v) is 8.41. The molecule has 0 amide bonds. The Balaban J connectivity index is 0. The van der Waals surface area contributed by atoms with E-state index in [2.05, 4.69) is 4.84 Å². The minimum atomic E-state index is -3.11. The molecule has 0 aromatic rings. The summed E-state index contributed by atoms with van der Waals surface area (Å²) in [6, 6.07) is 0. The molecule has 0 rings (SSSR count). The maximum absolute atomic E-state index is 11.8. The predicted octanol–water partition coefficient (Wildman–Crippen LogP) is 0.379. The van der Waals surface area contributed by atoms with Gasteiger partial charge in [-0.15, -0.1) is 12.6 Å². The molecule has 1 N–H and O–H groups in total. The third kappa shape index (κ3) is 23.7. The van der Waals surface area contributed by atoms with E-state index in [1.165, 1.54) is 0 Å². The molecule has 0 aliphatic carbocycles. The lowest BCUT2D eigenvalue weighted by molar-refractivity contribution is 0.0198. The summed E-state index contributed by atoms with van der Waals surface area (Å²) in [5, 5.41) is 0. The molecule has 0 aliphatic rings. The summed E-state index contributed by atoms with van der Waals surface area (Å²) in [4.78, 5) is 2.57. The zero-order chi connectivity index (χ0) is 19.8. The first-order valence-corrected chi connectivity index (χ1v) is 10.8. The van der Waals surface area contributed by atoms with E-state index in [9.17, 15) is 8.42 Å². The van der Waals surface area contributed by atoms with Crippen molar-refractivity contribution in [2.24, 2.45) is 0 Å². The largest absolute Gasteiger partial charge is 0.425 e. The lowest BCUT2D eigenvalue weighted by Crippen LogP contribution is -2.35. The Kier molecular flexibility index (Phi) is 17.1. The van der Waals surface area contributed by atoms with Crippen LogP contribution in [0.25, 0.3) is 0 Å². The average Bonchev–Trinajstić information content (AvgIpc) is 2.51. The summed E-state index contributed by atoms with van der Waals surface area (Å²) < 4.78 is 64.5. The highest BCUT2D eigenvalue weighted by Crippen LogP contribution is 2.11. The molecule has 0 unspecified atom stereocenters.